The Morgan fingerprint density at radius 2 is 1.81 bits per heavy atom. The molecule has 1 aromatic carbocycles. The lowest BCUT2D eigenvalue weighted by molar-refractivity contribution is -0.0436. The molecule has 2 fully saturated rings. The largest absolute Gasteiger partial charge is 0.501 e. The van der Waals surface area contributed by atoms with E-state index in [-0.39, 0.29) is 17.0 Å². The number of nitrogens with one attached hydrogen (secondary N) is 1. The summed E-state index contributed by atoms with van der Waals surface area (Å²) >= 11 is 0. The van der Waals surface area contributed by atoms with Crippen LogP contribution in [0.4, 0.5) is 17.6 Å². The lowest BCUT2D eigenvalue weighted by Gasteiger charge is -2.21. The predicted octanol–water partition coefficient (Wildman–Crippen LogP) is 3.79. The molecule has 3 heterocycles. The Balaban J connectivity index is 1.67. The Hall–Kier alpha value is -2.00. The van der Waals surface area contributed by atoms with Gasteiger partial charge in [0.1, 0.15) is 0 Å². The van der Waals surface area contributed by atoms with Crippen molar-refractivity contribution in [3.05, 3.63) is 48.0 Å². The molecule has 4 rings (SSSR count). The van der Waals surface area contributed by atoms with Crippen molar-refractivity contribution in [2.75, 3.05) is 0 Å². The third-order valence-corrected chi connectivity index (χ3v) is 6.87. The van der Waals surface area contributed by atoms with Crippen LogP contribution in [0.25, 0.3) is 11.1 Å². The topological polar surface area (TPSA) is 59.1 Å². The van der Waals surface area contributed by atoms with Gasteiger partial charge in [-0.2, -0.15) is 17.6 Å². The highest BCUT2D eigenvalue weighted by Gasteiger charge is 2.46. The standard InChI is InChI=1S/C18H16F4N2O2S/c19-17-15(7-11(9-23-17)14-8-12-3-6-16(14)24-12)10-1-4-13(5-2-10)27(25,26)18(20,21)22/h1-2,4-5,7,9,12,14,16,24H,3,6,8H2/t12-,14?,16+/m0/s1. The molecule has 1 N–H and O–H groups in total. The van der Waals surface area contributed by atoms with Gasteiger partial charge in [0.15, 0.2) is 0 Å². The Kier molecular flexibility index (Phi) is 4.27. The second-order valence-corrected chi connectivity index (χ2v) is 8.91. The molecule has 2 saturated heterocycles. The zero-order valence-electron chi connectivity index (χ0n) is 14.0. The van der Waals surface area contributed by atoms with Crippen LogP contribution < -0.4 is 5.32 Å². The number of sulfone groups is 1. The number of nitrogens with zero attached hydrogens (tertiary/aromatic N) is 1. The van der Waals surface area contributed by atoms with Crippen molar-refractivity contribution in [1.82, 2.24) is 10.3 Å². The van der Waals surface area contributed by atoms with Crippen molar-refractivity contribution in [2.45, 2.75) is 47.7 Å². The fourth-order valence-corrected chi connectivity index (χ4v) is 4.77. The van der Waals surface area contributed by atoms with Gasteiger partial charge >= 0.3 is 5.51 Å². The van der Waals surface area contributed by atoms with Gasteiger partial charge in [0.05, 0.1) is 4.90 Å². The summed E-state index contributed by atoms with van der Waals surface area (Å²) in [6.45, 7) is 0. The van der Waals surface area contributed by atoms with Crippen LogP contribution in [0.3, 0.4) is 0 Å². The highest BCUT2D eigenvalue weighted by Crippen LogP contribution is 2.41. The Morgan fingerprint density at radius 1 is 1.11 bits per heavy atom. The van der Waals surface area contributed by atoms with E-state index in [0.29, 0.717) is 12.1 Å². The summed E-state index contributed by atoms with van der Waals surface area (Å²) < 4.78 is 75.1. The molecule has 2 aliphatic rings. The zero-order chi connectivity index (χ0) is 19.4. The monoisotopic (exact) mass is 400 g/mol. The third kappa shape index (κ3) is 3.12. The Bertz CT molecular complexity index is 974. The first-order valence-electron chi connectivity index (χ1n) is 8.50. The number of hydrogen-bond donors (Lipinski definition) is 1. The molecular formula is C18H16F4N2O2S. The molecule has 2 bridgehead atoms. The van der Waals surface area contributed by atoms with E-state index >= 15 is 0 Å². The molecule has 4 nitrogen and oxygen atoms in total. The second kappa shape index (κ2) is 6.27. The molecule has 2 aromatic rings. The fourth-order valence-electron chi connectivity index (χ4n) is 4.01. The van der Waals surface area contributed by atoms with Crippen molar-refractivity contribution < 1.29 is 26.0 Å². The fraction of sp³-hybridized carbons (Fsp3) is 0.389. The maximum Gasteiger partial charge on any atom is 0.501 e. The van der Waals surface area contributed by atoms with E-state index in [0.717, 1.165) is 37.0 Å². The molecule has 1 unspecified atom stereocenters. The van der Waals surface area contributed by atoms with Crippen LogP contribution in [0.2, 0.25) is 0 Å². The van der Waals surface area contributed by atoms with Gasteiger partial charge in [-0.15, -0.1) is 0 Å². The van der Waals surface area contributed by atoms with Crippen LogP contribution in [-0.4, -0.2) is 31.0 Å². The molecule has 0 saturated carbocycles. The molecular weight excluding hydrogens is 384 g/mol. The highest BCUT2D eigenvalue weighted by molar-refractivity contribution is 7.92. The van der Waals surface area contributed by atoms with Gasteiger partial charge in [-0.1, -0.05) is 12.1 Å². The van der Waals surface area contributed by atoms with Crippen molar-refractivity contribution in [3.63, 3.8) is 0 Å². The van der Waals surface area contributed by atoms with E-state index in [1.54, 1.807) is 6.07 Å². The van der Waals surface area contributed by atoms with Gasteiger partial charge in [0, 0.05) is 29.8 Å². The Labute approximate surface area is 153 Å². The normalized spacial score (nSPS) is 25.1. The summed E-state index contributed by atoms with van der Waals surface area (Å²) in [4.78, 5) is 2.93. The first-order chi connectivity index (χ1) is 12.7. The van der Waals surface area contributed by atoms with Crippen LogP contribution >= 0.6 is 0 Å². The molecule has 9 heteroatoms. The van der Waals surface area contributed by atoms with Gasteiger partial charge in [-0.25, -0.2) is 13.4 Å². The summed E-state index contributed by atoms with van der Waals surface area (Å²) in [6.07, 6.45) is 4.61. The maximum atomic E-state index is 14.2. The third-order valence-electron chi connectivity index (χ3n) is 5.37. The van der Waals surface area contributed by atoms with Crippen LogP contribution in [0, 0.1) is 5.95 Å². The minimum absolute atomic E-state index is 0.145. The Morgan fingerprint density at radius 3 is 2.37 bits per heavy atom. The first-order valence-corrected chi connectivity index (χ1v) is 9.98. The van der Waals surface area contributed by atoms with Gasteiger partial charge in [-0.05, 0) is 48.6 Å². The molecule has 0 aliphatic carbocycles. The number of hydrogen-bond acceptors (Lipinski definition) is 4. The van der Waals surface area contributed by atoms with E-state index in [9.17, 15) is 26.0 Å². The highest BCUT2D eigenvalue weighted by atomic mass is 32.2. The lowest BCUT2D eigenvalue weighted by atomic mass is 9.84. The predicted molar refractivity (Wildman–Crippen MR) is 90.2 cm³/mol. The number of rotatable bonds is 3. The molecule has 1 aromatic heterocycles. The van der Waals surface area contributed by atoms with E-state index in [1.807, 2.05) is 0 Å². The molecule has 2 aliphatic heterocycles. The molecule has 0 amide bonds. The summed E-state index contributed by atoms with van der Waals surface area (Å²) in [7, 11) is -5.43. The summed E-state index contributed by atoms with van der Waals surface area (Å²) in [5.74, 6) is -0.526. The maximum absolute atomic E-state index is 14.2. The molecule has 0 spiro atoms. The first kappa shape index (κ1) is 18.4. The summed E-state index contributed by atoms with van der Waals surface area (Å²) in [6, 6.07) is 6.45. The number of fused-ring (bicyclic) bond motifs is 2. The number of aromatic nitrogens is 1. The molecule has 0 radical (unpaired) electrons. The van der Waals surface area contributed by atoms with Gasteiger partial charge in [0.25, 0.3) is 9.84 Å². The van der Waals surface area contributed by atoms with E-state index in [2.05, 4.69) is 10.3 Å². The second-order valence-electron chi connectivity index (χ2n) is 6.97. The van der Waals surface area contributed by atoms with Gasteiger partial charge in [-0.3, -0.25) is 0 Å². The van der Waals surface area contributed by atoms with E-state index < -0.39 is 26.2 Å². The number of pyridine rings is 1. The SMILES string of the molecule is O=S(=O)(c1ccc(-c2cc(C3C[C@@H]4CC[C@H]3N4)cnc2F)cc1)C(F)(F)F. The average Bonchev–Trinajstić information content (AvgIpc) is 3.25. The van der Waals surface area contributed by atoms with Crippen LogP contribution in [-0.2, 0) is 9.84 Å². The quantitative estimate of drug-likeness (QED) is 0.629. The molecule has 27 heavy (non-hydrogen) atoms. The van der Waals surface area contributed by atoms with Crippen LogP contribution in [0.15, 0.2) is 41.4 Å². The van der Waals surface area contributed by atoms with Crippen molar-refractivity contribution in [2.24, 2.45) is 0 Å². The number of alkyl halides is 3. The zero-order valence-corrected chi connectivity index (χ0v) is 14.8. The lowest BCUT2D eigenvalue weighted by Crippen LogP contribution is -2.23. The number of halogens is 4. The minimum atomic E-state index is -5.43. The van der Waals surface area contributed by atoms with Crippen LogP contribution in [0.1, 0.15) is 30.7 Å². The number of benzene rings is 1. The van der Waals surface area contributed by atoms with Crippen molar-refractivity contribution in [3.8, 4) is 11.1 Å². The van der Waals surface area contributed by atoms with E-state index in [1.165, 1.54) is 18.3 Å². The van der Waals surface area contributed by atoms with Gasteiger partial charge in [0.2, 0.25) is 5.95 Å². The van der Waals surface area contributed by atoms with Crippen molar-refractivity contribution >= 4 is 9.84 Å². The van der Waals surface area contributed by atoms with Crippen LogP contribution in [0.5, 0.6) is 0 Å². The average molecular weight is 400 g/mol. The smallest absolute Gasteiger partial charge is 0.311 e. The summed E-state index contributed by atoms with van der Waals surface area (Å²) in [5.41, 5.74) is -4.08. The van der Waals surface area contributed by atoms with E-state index in [4.69, 9.17) is 0 Å². The molecule has 144 valence electrons. The minimum Gasteiger partial charge on any atom is -0.311 e. The van der Waals surface area contributed by atoms with Gasteiger partial charge < -0.3 is 5.32 Å². The summed E-state index contributed by atoms with van der Waals surface area (Å²) in [5, 5.41) is 3.49. The molecule has 3 atom stereocenters. The van der Waals surface area contributed by atoms with Crippen molar-refractivity contribution in [1.29, 1.82) is 0 Å².